The lowest BCUT2D eigenvalue weighted by atomic mass is 10.0. The number of aromatic nitrogens is 2. The van der Waals surface area contributed by atoms with Crippen molar-refractivity contribution in [2.24, 2.45) is 5.16 Å². The van der Waals surface area contributed by atoms with Crippen LogP contribution < -0.4 is 5.32 Å². The molecule has 0 saturated carbocycles. The fourth-order valence-electron chi connectivity index (χ4n) is 3.10. The predicted molar refractivity (Wildman–Crippen MR) is 114 cm³/mol. The number of oxime groups is 1. The van der Waals surface area contributed by atoms with E-state index >= 15 is 0 Å². The van der Waals surface area contributed by atoms with Crippen LogP contribution in [0.3, 0.4) is 0 Å². The molecule has 4 rings (SSSR count). The molecule has 2 heterocycles. The van der Waals surface area contributed by atoms with Gasteiger partial charge in [0, 0.05) is 33.8 Å². The number of carbonyl (C=O) groups is 1. The highest BCUT2D eigenvalue weighted by Gasteiger charge is 2.29. The number of hydrogen-bond acceptors (Lipinski definition) is 4. The SMILES string of the molecule is Cc1cc(NC(=O)C2CC(c3ccc(F)cc3)=NO2)nn1Cc1c(Cl)cccc1Cl. The summed E-state index contributed by atoms with van der Waals surface area (Å²) in [5.41, 5.74) is 2.88. The molecule has 1 N–H and O–H groups in total. The normalized spacial score (nSPS) is 15.6. The summed E-state index contributed by atoms with van der Waals surface area (Å²) in [5.74, 6) is -0.313. The Balaban J connectivity index is 1.41. The average molecular weight is 447 g/mol. The van der Waals surface area contributed by atoms with E-state index in [1.807, 2.05) is 6.92 Å². The van der Waals surface area contributed by atoms with Gasteiger partial charge in [0.25, 0.3) is 5.91 Å². The van der Waals surface area contributed by atoms with Gasteiger partial charge in [-0.2, -0.15) is 5.10 Å². The minimum absolute atomic E-state index is 0.284. The molecule has 9 heteroatoms. The Hall–Kier alpha value is -2.90. The van der Waals surface area contributed by atoms with Gasteiger partial charge in [-0.25, -0.2) is 4.39 Å². The van der Waals surface area contributed by atoms with Crippen molar-refractivity contribution in [3.8, 4) is 0 Å². The number of aryl methyl sites for hydroxylation is 1. The fourth-order valence-corrected chi connectivity index (χ4v) is 3.62. The van der Waals surface area contributed by atoms with Gasteiger partial charge in [-0.3, -0.25) is 9.48 Å². The average Bonchev–Trinajstić information content (AvgIpc) is 3.33. The quantitative estimate of drug-likeness (QED) is 0.610. The van der Waals surface area contributed by atoms with Crippen LogP contribution in [0.5, 0.6) is 0 Å². The van der Waals surface area contributed by atoms with Crippen molar-refractivity contribution in [1.29, 1.82) is 0 Å². The molecule has 1 aliphatic rings. The predicted octanol–water partition coefficient (Wildman–Crippen LogP) is 4.82. The molecular formula is C21H17Cl2FN4O2. The van der Waals surface area contributed by atoms with Crippen molar-refractivity contribution < 1.29 is 14.0 Å². The van der Waals surface area contributed by atoms with Crippen LogP contribution in [0, 0.1) is 12.7 Å². The van der Waals surface area contributed by atoms with Gasteiger partial charge in [-0.15, -0.1) is 0 Å². The number of carbonyl (C=O) groups excluding carboxylic acids is 1. The van der Waals surface area contributed by atoms with E-state index in [1.54, 1.807) is 41.1 Å². The second kappa shape index (κ2) is 8.45. The minimum Gasteiger partial charge on any atom is -0.382 e. The number of benzene rings is 2. The molecule has 0 fully saturated rings. The molecule has 0 saturated heterocycles. The van der Waals surface area contributed by atoms with E-state index in [0.29, 0.717) is 33.7 Å². The van der Waals surface area contributed by atoms with Gasteiger partial charge >= 0.3 is 0 Å². The standard InChI is InChI=1S/C21H17Cl2FN4O2/c1-12-9-20(26-28(12)11-15-16(22)3-2-4-17(15)23)25-21(29)19-10-18(27-30-19)13-5-7-14(24)8-6-13/h2-9,19H,10-11H2,1H3,(H,25,26,29). The van der Waals surface area contributed by atoms with Gasteiger partial charge in [-0.05, 0) is 36.8 Å². The molecule has 0 radical (unpaired) electrons. The van der Waals surface area contributed by atoms with E-state index in [2.05, 4.69) is 15.6 Å². The van der Waals surface area contributed by atoms with E-state index in [4.69, 9.17) is 28.0 Å². The first-order valence-electron chi connectivity index (χ1n) is 9.17. The van der Waals surface area contributed by atoms with Crippen molar-refractivity contribution in [1.82, 2.24) is 9.78 Å². The summed E-state index contributed by atoms with van der Waals surface area (Å²) in [4.78, 5) is 17.8. The van der Waals surface area contributed by atoms with Crippen LogP contribution in [0.15, 0.2) is 53.7 Å². The molecule has 0 bridgehead atoms. The molecule has 1 aromatic heterocycles. The first kappa shape index (κ1) is 20.4. The highest BCUT2D eigenvalue weighted by atomic mass is 35.5. The summed E-state index contributed by atoms with van der Waals surface area (Å²) in [6.07, 6.45) is -0.500. The molecule has 1 amide bonds. The van der Waals surface area contributed by atoms with Crippen LogP contribution >= 0.6 is 23.2 Å². The molecular weight excluding hydrogens is 430 g/mol. The monoisotopic (exact) mass is 446 g/mol. The molecule has 0 spiro atoms. The van der Waals surface area contributed by atoms with Gasteiger partial charge in [0.2, 0.25) is 6.10 Å². The topological polar surface area (TPSA) is 68.5 Å². The van der Waals surface area contributed by atoms with Gasteiger partial charge in [-0.1, -0.05) is 46.6 Å². The van der Waals surface area contributed by atoms with Crippen LogP contribution in [-0.4, -0.2) is 27.5 Å². The zero-order valence-electron chi connectivity index (χ0n) is 15.9. The highest BCUT2D eigenvalue weighted by Crippen LogP contribution is 2.26. The molecule has 0 aliphatic carbocycles. The van der Waals surface area contributed by atoms with Crippen LogP contribution in [-0.2, 0) is 16.2 Å². The van der Waals surface area contributed by atoms with Crippen molar-refractivity contribution in [2.45, 2.75) is 26.0 Å². The molecule has 2 aromatic carbocycles. The summed E-state index contributed by atoms with van der Waals surface area (Å²) < 4.78 is 14.8. The van der Waals surface area contributed by atoms with Gasteiger partial charge < -0.3 is 10.2 Å². The summed E-state index contributed by atoms with van der Waals surface area (Å²) in [6.45, 7) is 2.24. The maximum atomic E-state index is 13.1. The van der Waals surface area contributed by atoms with E-state index in [1.165, 1.54) is 12.1 Å². The first-order valence-corrected chi connectivity index (χ1v) is 9.93. The zero-order chi connectivity index (χ0) is 21.3. The Labute approximate surface area is 182 Å². The van der Waals surface area contributed by atoms with Crippen molar-refractivity contribution in [3.05, 3.63) is 81.2 Å². The number of rotatable bonds is 5. The zero-order valence-corrected chi connectivity index (χ0v) is 17.4. The highest BCUT2D eigenvalue weighted by molar-refractivity contribution is 6.36. The van der Waals surface area contributed by atoms with Crippen LogP contribution in [0.4, 0.5) is 10.2 Å². The fraction of sp³-hybridized carbons (Fsp3) is 0.190. The van der Waals surface area contributed by atoms with E-state index < -0.39 is 6.10 Å². The molecule has 1 aliphatic heterocycles. The Morgan fingerprint density at radius 1 is 1.23 bits per heavy atom. The Bertz CT molecular complexity index is 1110. The van der Waals surface area contributed by atoms with Crippen LogP contribution in [0.1, 0.15) is 23.2 Å². The second-order valence-corrected chi connectivity index (χ2v) is 7.68. The molecule has 1 unspecified atom stereocenters. The summed E-state index contributed by atoms with van der Waals surface area (Å²) in [5, 5.41) is 12.2. The number of hydrogen-bond donors (Lipinski definition) is 1. The molecule has 6 nitrogen and oxygen atoms in total. The Morgan fingerprint density at radius 3 is 2.63 bits per heavy atom. The maximum absolute atomic E-state index is 13.1. The summed E-state index contributed by atoms with van der Waals surface area (Å²) in [6, 6.07) is 12.9. The number of nitrogens with zero attached hydrogens (tertiary/aromatic N) is 3. The summed E-state index contributed by atoms with van der Waals surface area (Å²) >= 11 is 12.5. The largest absolute Gasteiger partial charge is 0.382 e. The third-order valence-corrected chi connectivity index (χ3v) is 5.45. The van der Waals surface area contributed by atoms with Crippen molar-refractivity contribution in [3.63, 3.8) is 0 Å². The second-order valence-electron chi connectivity index (χ2n) is 6.86. The molecule has 154 valence electrons. The Kier molecular flexibility index (Phi) is 5.74. The van der Waals surface area contributed by atoms with Crippen LogP contribution in [0.2, 0.25) is 10.0 Å². The van der Waals surface area contributed by atoms with Gasteiger partial charge in [0.05, 0.1) is 12.3 Å². The summed E-state index contributed by atoms with van der Waals surface area (Å²) in [7, 11) is 0. The van der Waals surface area contributed by atoms with Gasteiger partial charge in [0.15, 0.2) is 5.82 Å². The molecule has 3 aromatic rings. The van der Waals surface area contributed by atoms with Crippen molar-refractivity contribution >= 4 is 40.6 Å². The van der Waals surface area contributed by atoms with Gasteiger partial charge in [0.1, 0.15) is 5.82 Å². The number of nitrogens with one attached hydrogen (secondary N) is 1. The number of halogens is 3. The molecule has 30 heavy (non-hydrogen) atoms. The third-order valence-electron chi connectivity index (χ3n) is 4.74. The van der Waals surface area contributed by atoms with E-state index in [-0.39, 0.29) is 18.1 Å². The van der Waals surface area contributed by atoms with E-state index in [9.17, 15) is 9.18 Å². The van der Waals surface area contributed by atoms with Crippen LogP contribution in [0.25, 0.3) is 0 Å². The maximum Gasteiger partial charge on any atom is 0.269 e. The third kappa shape index (κ3) is 4.32. The van der Waals surface area contributed by atoms with Crippen molar-refractivity contribution in [2.75, 3.05) is 5.32 Å². The number of amides is 1. The number of anilines is 1. The lowest BCUT2D eigenvalue weighted by Gasteiger charge is -2.09. The lowest BCUT2D eigenvalue weighted by molar-refractivity contribution is -0.125. The van der Waals surface area contributed by atoms with E-state index in [0.717, 1.165) is 11.3 Å². The molecule has 1 atom stereocenters. The first-order chi connectivity index (χ1) is 14.4. The lowest BCUT2D eigenvalue weighted by Crippen LogP contribution is -2.28. The Morgan fingerprint density at radius 2 is 1.93 bits per heavy atom. The minimum atomic E-state index is -0.784. The smallest absolute Gasteiger partial charge is 0.269 e.